The van der Waals surface area contributed by atoms with Crippen molar-refractivity contribution in [2.24, 2.45) is 0 Å². The van der Waals surface area contributed by atoms with E-state index in [0.717, 1.165) is 12.8 Å². The summed E-state index contributed by atoms with van der Waals surface area (Å²) in [5, 5.41) is 0. The molecule has 178 valence electrons. The van der Waals surface area contributed by atoms with Gasteiger partial charge in [0, 0.05) is 11.8 Å². The summed E-state index contributed by atoms with van der Waals surface area (Å²) < 4.78 is 13.2. The summed E-state index contributed by atoms with van der Waals surface area (Å²) >= 11 is 0. The molecule has 1 aliphatic heterocycles. The molecule has 1 saturated heterocycles. The van der Waals surface area contributed by atoms with Gasteiger partial charge in [-0.25, -0.2) is 0 Å². The van der Waals surface area contributed by atoms with Gasteiger partial charge in [-0.1, -0.05) is 121 Å². The topological polar surface area (TPSA) is 18.5 Å². The Hall–Kier alpha value is -3.20. The maximum absolute atomic E-state index is 6.59. The Balaban J connectivity index is 1.46. The van der Waals surface area contributed by atoms with Gasteiger partial charge in [0.05, 0.1) is 12.2 Å². The van der Waals surface area contributed by atoms with E-state index in [-0.39, 0.29) is 24.0 Å². The Morgan fingerprint density at radius 2 is 0.743 bits per heavy atom. The normalized spacial score (nSPS) is 19.3. The molecule has 1 heterocycles. The molecule has 4 aromatic rings. The minimum Gasteiger partial charge on any atom is -0.345 e. The largest absolute Gasteiger partial charge is 0.345 e. The maximum atomic E-state index is 6.59. The molecule has 5 rings (SSSR count). The summed E-state index contributed by atoms with van der Waals surface area (Å²) in [6.45, 7) is 4.08. The van der Waals surface area contributed by atoms with E-state index in [1.807, 2.05) is 13.8 Å². The summed E-state index contributed by atoms with van der Waals surface area (Å²) in [6.07, 6.45) is 1.73. The Bertz CT molecular complexity index is 999. The van der Waals surface area contributed by atoms with Crippen LogP contribution < -0.4 is 0 Å². The van der Waals surface area contributed by atoms with Gasteiger partial charge in [0.1, 0.15) is 0 Å². The molecule has 35 heavy (non-hydrogen) atoms. The SMILES string of the molecule is CC1(C)O[C@@H](CC(c2ccccc2)c2ccccc2)[C@H](CC(c2ccccc2)c2ccccc2)O1. The highest BCUT2D eigenvalue weighted by molar-refractivity contribution is 5.34. The second-order valence-electron chi connectivity index (χ2n) is 9.93. The van der Waals surface area contributed by atoms with E-state index in [9.17, 15) is 0 Å². The van der Waals surface area contributed by atoms with E-state index in [0.29, 0.717) is 0 Å². The van der Waals surface area contributed by atoms with Crippen LogP contribution in [0.1, 0.15) is 60.8 Å². The minimum atomic E-state index is -0.606. The average Bonchev–Trinajstić information content (AvgIpc) is 3.20. The third-order valence-electron chi connectivity index (χ3n) is 7.03. The predicted molar refractivity (Wildman–Crippen MR) is 143 cm³/mol. The molecule has 0 N–H and O–H groups in total. The molecule has 0 radical (unpaired) electrons. The van der Waals surface area contributed by atoms with E-state index < -0.39 is 5.79 Å². The monoisotopic (exact) mass is 462 g/mol. The Kier molecular flexibility index (Phi) is 7.13. The van der Waals surface area contributed by atoms with Crippen LogP contribution in [0, 0.1) is 0 Å². The van der Waals surface area contributed by atoms with Crippen molar-refractivity contribution >= 4 is 0 Å². The van der Waals surface area contributed by atoms with Crippen LogP contribution in [0.4, 0.5) is 0 Å². The standard InChI is InChI=1S/C33H34O2/c1-33(2)34-31(23-29(25-15-7-3-8-16-25)26-17-9-4-10-18-26)32(35-33)24-30(27-19-11-5-12-20-27)28-21-13-6-14-22-28/h3-22,29-32H,23-24H2,1-2H3/t31-,32-/m0/s1. The van der Waals surface area contributed by atoms with Crippen molar-refractivity contribution < 1.29 is 9.47 Å². The van der Waals surface area contributed by atoms with Crippen LogP contribution in [-0.4, -0.2) is 18.0 Å². The van der Waals surface area contributed by atoms with Gasteiger partial charge in [0.15, 0.2) is 5.79 Å². The first-order valence-electron chi connectivity index (χ1n) is 12.6. The van der Waals surface area contributed by atoms with Gasteiger partial charge in [-0.15, -0.1) is 0 Å². The Morgan fingerprint density at radius 3 is 1.00 bits per heavy atom. The first-order chi connectivity index (χ1) is 17.1. The molecule has 0 aromatic heterocycles. The van der Waals surface area contributed by atoms with Gasteiger partial charge in [0.2, 0.25) is 0 Å². The summed E-state index contributed by atoms with van der Waals surface area (Å²) in [5.41, 5.74) is 5.25. The highest BCUT2D eigenvalue weighted by Crippen LogP contribution is 2.41. The van der Waals surface area contributed by atoms with Crippen LogP contribution in [0.3, 0.4) is 0 Å². The molecule has 0 spiro atoms. The molecule has 0 amide bonds. The minimum absolute atomic E-state index is 0.00895. The molecular weight excluding hydrogens is 428 g/mol. The average molecular weight is 463 g/mol. The lowest BCUT2D eigenvalue weighted by Gasteiger charge is -2.27. The number of rotatable bonds is 8. The van der Waals surface area contributed by atoms with Gasteiger partial charge in [-0.2, -0.15) is 0 Å². The predicted octanol–water partition coefficient (Wildman–Crippen LogP) is 7.95. The van der Waals surface area contributed by atoms with Gasteiger partial charge in [0.25, 0.3) is 0 Å². The van der Waals surface area contributed by atoms with E-state index in [1.54, 1.807) is 0 Å². The molecule has 1 aliphatic rings. The summed E-state index contributed by atoms with van der Waals surface area (Å²) in [5.74, 6) is -0.117. The lowest BCUT2D eigenvalue weighted by molar-refractivity contribution is -0.147. The quantitative estimate of drug-likeness (QED) is 0.264. The maximum Gasteiger partial charge on any atom is 0.163 e. The third kappa shape index (κ3) is 5.73. The van der Waals surface area contributed by atoms with Crippen LogP contribution in [0.15, 0.2) is 121 Å². The van der Waals surface area contributed by atoms with Crippen molar-refractivity contribution in [3.05, 3.63) is 144 Å². The van der Waals surface area contributed by atoms with Crippen LogP contribution in [0.2, 0.25) is 0 Å². The molecule has 2 nitrogen and oxygen atoms in total. The molecular formula is C33H34O2. The van der Waals surface area contributed by atoms with Gasteiger partial charge in [-0.3, -0.25) is 0 Å². The zero-order valence-electron chi connectivity index (χ0n) is 20.6. The van der Waals surface area contributed by atoms with Crippen molar-refractivity contribution in [2.75, 3.05) is 0 Å². The fraction of sp³-hybridized carbons (Fsp3) is 0.273. The third-order valence-corrected chi connectivity index (χ3v) is 7.03. The summed E-state index contributed by atoms with van der Waals surface area (Å²) in [4.78, 5) is 0. The second kappa shape index (κ2) is 10.6. The zero-order valence-corrected chi connectivity index (χ0v) is 20.6. The van der Waals surface area contributed by atoms with Crippen LogP contribution in [0.25, 0.3) is 0 Å². The van der Waals surface area contributed by atoms with E-state index in [4.69, 9.17) is 9.47 Å². The van der Waals surface area contributed by atoms with Gasteiger partial charge in [-0.05, 0) is 48.9 Å². The molecule has 2 atom stereocenters. The number of ether oxygens (including phenoxy) is 2. The molecule has 0 bridgehead atoms. The fourth-order valence-electron chi connectivity index (χ4n) is 5.44. The first kappa shape index (κ1) is 23.5. The first-order valence-corrected chi connectivity index (χ1v) is 12.6. The molecule has 2 heteroatoms. The highest BCUT2D eigenvalue weighted by Gasteiger charge is 2.43. The zero-order chi connectivity index (χ0) is 24.1. The summed E-state index contributed by atoms with van der Waals surface area (Å²) in [7, 11) is 0. The van der Waals surface area contributed by atoms with Gasteiger partial charge < -0.3 is 9.47 Å². The summed E-state index contributed by atoms with van der Waals surface area (Å²) in [6, 6.07) is 43.1. The lowest BCUT2D eigenvalue weighted by atomic mass is 9.82. The Labute approximate surface area is 209 Å². The van der Waals surface area contributed by atoms with Crippen LogP contribution >= 0.6 is 0 Å². The van der Waals surface area contributed by atoms with E-state index in [2.05, 4.69) is 121 Å². The molecule has 0 aliphatic carbocycles. The van der Waals surface area contributed by atoms with Crippen molar-refractivity contribution in [3.63, 3.8) is 0 Å². The van der Waals surface area contributed by atoms with E-state index >= 15 is 0 Å². The highest BCUT2D eigenvalue weighted by atomic mass is 16.7. The van der Waals surface area contributed by atoms with Gasteiger partial charge >= 0.3 is 0 Å². The van der Waals surface area contributed by atoms with E-state index in [1.165, 1.54) is 22.3 Å². The van der Waals surface area contributed by atoms with Crippen LogP contribution in [-0.2, 0) is 9.47 Å². The van der Waals surface area contributed by atoms with Crippen molar-refractivity contribution in [1.82, 2.24) is 0 Å². The fourth-order valence-corrected chi connectivity index (χ4v) is 5.44. The lowest BCUT2D eigenvalue weighted by Crippen LogP contribution is -2.27. The number of benzene rings is 4. The van der Waals surface area contributed by atoms with Crippen molar-refractivity contribution in [1.29, 1.82) is 0 Å². The van der Waals surface area contributed by atoms with Crippen molar-refractivity contribution in [3.8, 4) is 0 Å². The molecule has 1 fully saturated rings. The van der Waals surface area contributed by atoms with Crippen molar-refractivity contribution in [2.45, 2.75) is 56.5 Å². The second-order valence-corrected chi connectivity index (χ2v) is 9.93. The molecule has 4 aromatic carbocycles. The van der Waals surface area contributed by atoms with Crippen LogP contribution in [0.5, 0.6) is 0 Å². The number of hydrogen-bond acceptors (Lipinski definition) is 2. The molecule has 0 saturated carbocycles. The Morgan fingerprint density at radius 1 is 0.486 bits per heavy atom. The smallest absolute Gasteiger partial charge is 0.163 e. The number of hydrogen-bond donors (Lipinski definition) is 0. The molecule has 0 unspecified atom stereocenters.